The molecule has 0 aromatic heterocycles. The number of esters is 1. The van der Waals surface area contributed by atoms with Crippen molar-refractivity contribution in [2.45, 2.75) is 31.9 Å². The van der Waals surface area contributed by atoms with Crippen LogP contribution in [0.15, 0.2) is 30.3 Å². The van der Waals surface area contributed by atoms with Crippen molar-refractivity contribution in [3.8, 4) is 0 Å². The monoisotopic (exact) mass is 338 g/mol. The molecule has 126 valence electrons. The Morgan fingerprint density at radius 3 is 2.70 bits per heavy atom. The Hall–Kier alpha value is -1.59. The number of nitrogens with zero attached hydrogens (tertiary/aromatic N) is 1. The van der Waals surface area contributed by atoms with E-state index in [0.717, 1.165) is 25.2 Å². The van der Waals surface area contributed by atoms with Crippen molar-refractivity contribution in [3.63, 3.8) is 0 Å². The van der Waals surface area contributed by atoms with Gasteiger partial charge in [-0.25, -0.2) is 0 Å². The van der Waals surface area contributed by atoms with Gasteiger partial charge in [-0.05, 0) is 24.3 Å². The lowest BCUT2D eigenvalue weighted by atomic mass is 10.1. The lowest BCUT2D eigenvalue weighted by Gasteiger charge is -2.32. The van der Waals surface area contributed by atoms with Gasteiger partial charge in [-0.3, -0.25) is 9.59 Å². The number of amides is 1. The summed E-state index contributed by atoms with van der Waals surface area (Å²) in [6.45, 7) is 2.59. The molecule has 6 heteroatoms. The third-order valence-corrected chi connectivity index (χ3v) is 4.17. The van der Waals surface area contributed by atoms with Crippen LogP contribution in [0.4, 0.5) is 0 Å². The van der Waals surface area contributed by atoms with Gasteiger partial charge in [0.15, 0.2) is 0 Å². The van der Waals surface area contributed by atoms with E-state index in [0.29, 0.717) is 5.92 Å². The maximum atomic E-state index is 12.4. The first-order valence-electron chi connectivity index (χ1n) is 7.94. The molecule has 1 aliphatic heterocycles. The number of benzene rings is 1. The molecule has 1 saturated heterocycles. The zero-order valence-electron chi connectivity index (χ0n) is 13.1. The first-order valence-corrected chi connectivity index (χ1v) is 7.94. The summed E-state index contributed by atoms with van der Waals surface area (Å²) in [5.41, 5.74) is 0.953. The molecule has 1 aromatic carbocycles. The predicted molar refractivity (Wildman–Crippen MR) is 89.2 cm³/mol. The Balaban J connectivity index is 0.00000192. The quantitative estimate of drug-likeness (QED) is 0.803. The molecule has 2 aliphatic rings. The van der Waals surface area contributed by atoms with Gasteiger partial charge >= 0.3 is 5.97 Å². The number of halogens is 1. The van der Waals surface area contributed by atoms with Crippen molar-refractivity contribution in [2.24, 2.45) is 5.92 Å². The lowest BCUT2D eigenvalue weighted by molar-refractivity contribution is -0.149. The number of hydrogen-bond acceptors (Lipinski definition) is 4. The van der Waals surface area contributed by atoms with E-state index in [1.54, 1.807) is 0 Å². The van der Waals surface area contributed by atoms with E-state index in [4.69, 9.17) is 4.74 Å². The standard InChI is InChI=1S/C17H22N2O3.ClH/c20-16(22-12-14-4-2-1-3-5-14)10-15-17(21)19(9-8-18-15)11-13-6-7-13;/h1-5,13,15,18H,6-12H2;1H. The van der Waals surface area contributed by atoms with Crippen molar-refractivity contribution >= 4 is 24.3 Å². The molecule has 1 heterocycles. The van der Waals surface area contributed by atoms with E-state index in [1.807, 2.05) is 35.2 Å². The fourth-order valence-corrected chi connectivity index (χ4v) is 2.71. The van der Waals surface area contributed by atoms with E-state index in [2.05, 4.69) is 5.32 Å². The summed E-state index contributed by atoms with van der Waals surface area (Å²) in [6, 6.07) is 9.13. The molecular weight excluding hydrogens is 316 g/mol. The second kappa shape index (κ2) is 8.31. The number of hydrogen-bond donors (Lipinski definition) is 1. The molecule has 0 bridgehead atoms. The van der Waals surface area contributed by atoms with Crippen LogP contribution in [-0.4, -0.2) is 42.5 Å². The molecule has 1 atom stereocenters. The summed E-state index contributed by atoms with van der Waals surface area (Å²) >= 11 is 0. The number of carbonyl (C=O) groups is 2. The normalized spacial score (nSPS) is 20.8. The van der Waals surface area contributed by atoms with Crippen LogP contribution in [0.2, 0.25) is 0 Å². The van der Waals surface area contributed by atoms with Crippen LogP contribution in [0.25, 0.3) is 0 Å². The Bertz CT molecular complexity index is 534. The second-order valence-corrected chi connectivity index (χ2v) is 6.08. The van der Waals surface area contributed by atoms with E-state index >= 15 is 0 Å². The van der Waals surface area contributed by atoms with Gasteiger partial charge in [0.2, 0.25) is 5.91 Å². The molecule has 0 spiro atoms. The van der Waals surface area contributed by atoms with Gasteiger partial charge in [-0.15, -0.1) is 12.4 Å². The molecule has 1 unspecified atom stereocenters. The Kier molecular flexibility index (Phi) is 6.42. The average molecular weight is 339 g/mol. The van der Waals surface area contributed by atoms with Crippen LogP contribution >= 0.6 is 12.4 Å². The maximum absolute atomic E-state index is 12.4. The van der Waals surface area contributed by atoms with Gasteiger partial charge in [-0.1, -0.05) is 30.3 Å². The molecule has 0 radical (unpaired) electrons. The zero-order valence-corrected chi connectivity index (χ0v) is 13.9. The largest absolute Gasteiger partial charge is 0.461 e. The average Bonchev–Trinajstić information content (AvgIpc) is 3.34. The first-order chi connectivity index (χ1) is 10.7. The van der Waals surface area contributed by atoms with E-state index < -0.39 is 6.04 Å². The summed E-state index contributed by atoms with van der Waals surface area (Å²) in [6.07, 6.45) is 2.55. The van der Waals surface area contributed by atoms with Gasteiger partial charge < -0.3 is 15.0 Å². The van der Waals surface area contributed by atoms with Gasteiger partial charge in [0.1, 0.15) is 6.61 Å². The third kappa shape index (κ3) is 5.22. The topological polar surface area (TPSA) is 58.6 Å². The Labute approximate surface area is 142 Å². The minimum Gasteiger partial charge on any atom is -0.461 e. The molecule has 1 N–H and O–H groups in total. The zero-order chi connectivity index (χ0) is 15.4. The Morgan fingerprint density at radius 1 is 1.26 bits per heavy atom. The third-order valence-electron chi connectivity index (χ3n) is 4.17. The van der Waals surface area contributed by atoms with Crippen LogP contribution in [0.5, 0.6) is 0 Å². The maximum Gasteiger partial charge on any atom is 0.308 e. The van der Waals surface area contributed by atoms with Crippen LogP contribution in [-0.2, 0) is 20.9 Å². The summed E-state index contributed by atoms with van der Waals surface area (Å²) in [7, 11) is 0. The number of rotatable bonds is 6. The van der Waals surface area contributed by atoms with Gasteiger partial charge in [-0.2, -0.15) is 0 Å². The van der Waals surface area contributed by atoms with E-state index in [-0.39, 0.29) is 37.3 Å². The van der Waals surface area contributed by atoms with Gasteiger partial charge in [0.05, 0.1) is 12.5 Å². The van der Waals surface area contributed by atoms with Crippen molar-refractivity contribution in [1.82, 2.24) is 10.2 Å². The highest BCUT2D eigenvalue weighted by Gasteiger charge is 2.34. The molecule has 5 nitrogen and oxygen atoms in total. The molecular formula is C17H23ClN2O3. The fourth-order valence-electron chi connectivity index (χ4n) is 2.71. The number of carbonyl (C=O) groups excluding carboxylic acids is 2. The summed E-state index contributed by atoms with van der Waals surface area (Å²) < 4.78 is 5.26. The van der Waals surface area contributed by atoms with Crippen molar-refractivity contribution in [2.75, 3.05) is 19.6 Å². The van der Waals surface area contributed by atoms with E-state index in [9.17, 15) is 9.59 Å². The highest BCUT2D eigenvalue weighted by atomic mass is 35.5. The summed E-state index contributed by atoms with van der Waals surface area (Å²) in [5, 5.41) is 3.13. The summed E-state index contributed by atoms with van der Waals surface area (Å²) in [4.78, 5) is 26.2. The van der Waals surface area contributed by atoms with Crippen LogP contribution in [0, 0.1) is 5.92 Å². The molecule has 3 rings (SSSR count). The van der Waals surface area contributed by atoms with Crippen molar-refractivity contribution in [3.05, 3.63) is 35.9 Å². The summed E-state index contributed by atoms with van der Waals surface area (Å²) in [5.74, 6) is 0.380. The predicted octanol–water partition coefficient (Wildman–Crippen LogP) is 1.75. The van der Waals surface area contributed by atoms with E-state index in [1.165, 1.54) is 12.8 Å². The second-order valence-electron chi connectivity index (χ2n) is 6.08. The highest BCUT2D eigenvalue weighted by Crippen LogP contribution is 2.30. The van der Waals surface area contributed by atoms with Crippen LogP contribution in [0.1, 0.15) is 24.8 Å². The van der Waals surface area contributed by atoms with Gasteiger partial charge in [0, 0.05) is 19.6 Å². The minimum absolute atomic E-state index is 0. The number of piperazine rings is 1. The molecule has 1 aliphatic carbocycles. The fraction of sp³-hybridized carbons (Fsp3) is 0.529. The Morgan fingerprint density at radius 2 is 2.00 bits per heavy atom. The van der Waals surface area contributed by atoms with Crippen LogP contribution < -0.4 is 5.32 Å². The molecule has 1 amide bonds. The van der Waals surface area contributed by atoms with Crippen molar-refractivity contribution in [1.29, 1.82) is 0 Å². The SMILES string of the molecule is Cl.O=C(CC1NCCN(CC2CC2)C1=O)OCc1ccccc1. The number of nitrogens with one attached hydrogen (secondary N) is 1. The van der Waals surface area contributed by atoms with Crippen LogP contribution in [0.3, 0.4) is 0 Å². The number of ether oxygens (including phenoxy) is 1. The highest BCUT2D eigenvalue weighted by molar-refractivity contribution is 5.87. The molecule has 2 fully saturated rings. The lowest BCUT2D eigenvalue weighted by Crippen LogP contribution is -2.56. The molecule has 23 heavy (non-hydrogen) atoms. The van der Waals surface area contributed by atoms with Gasteiger partial charge in [0.25, 0.3) is 0 Å². The molecule has 1 aromatic rings. The molecule has 1 saturated carbocycles. The van der Waals surface area contributed by atoms with Crippen molar-refractivity contribution < 1.29 is 14.3 Å². The minimum atomic E-state index is -0.434. The first kappa shape index (κ1) is 17.8. The smallest absolute Gasteiger partial charge is 0.308 e.